The molecule has 0 saturated carbocycles. The predicted molar refractivity (Wildman–Crippen MR) is 93.7 cm³/mol. The van der Waals surface area contributed by atoms with Crippen LogP contribution in [0.2, 0.25) is 0 Å². The highest BCUT2D eigenvalue weighted by Crippen LogP contribution is 2.37. The minimum absolute atomic E-state index is 0.0687. The molecule has 3 rings (SSSR count). The van der Waals surface area contributed by atoms with E-state index in [1.165, 1.54) is 6.07 Å². The molecule has 2 unspecified atom stereocenters. The van der Waals surface area contributed by atoms with Crippen molar-refractivity contribution in [3.05, 3.63) is 53.6 Å². The summed E-state index contributed by atoms with van der Waals surface area (Å²) in [6, 6.07) is 12.8. The van der Waals surface area contributed by atoms with Gasteiger partial charge in [0.1, 0.15) is 17.2 Å². The SMILES string of the molecule is COc1ccccc1C1COCCC1COc1cccc(O)c1C=O. The Balaban J connectivity index is 1.78. The third kappa shape index (κ3) is 3.77. The standard InChI is InChI=1S/C20H22O5/c1-23-19-7-3-2-5-15(19)17-13-24-10-9-14(17)12-25-20-8-4-6-18(22)16(20)11-21/h2-8,11,14,17,22H,9-10,12-13H2,1H3. The summed E-state index contributed by atoms with van der Waals surface area (Å²) in [6.45, 7) is 1.73. The second-order valence-electron chi connectivity index (χ2n) is 6.09. The van der Waals surface area contributed by atoms with E-state index in [4.69, 9.17) is 14.2 Å². The van der Waals surface area contributed by atoms with Crippen LogP contribution in [0.5, 0.6) is 17.2 Å². The summed E-state index contributed by atoms with van der Waals surface area (Å²) in [5, 5.41) is 9.78. The molecule has 0 aromatic heterocycles. The summed E-state index contributed by atoms with van der Waals surface area (Å²) < 4.78 is 17.0. The van der Waals surface area contributed by atoms with Gasteiger partial charge in [0.2, 0.25) is 0 Å². The second kappa shape index (κ2) is 8.03. The van der Waals surface area contributed by atoms with Crippen molar-refractivity contribution in [1.29, 1.82) is 0 Å². The number of benzene rings is 2. The first-order valence-corrected chi connectivity index (χ1v) is 8.35. The number of phenols is 1. The van der Waals surface area contributed by atoms with E-state index in [1.807, 2.05) is 18.2 Å². The van der Waals surface area contributed by atoms with E-state index in [-0.39, 0.29) is 23.1 Å². The maximum atomic E-state index is 11.2. The maximum absolute atomic E-state index is 11.2. The highest BCUT2D eigenvalue weighted by molar-refractivity contribution is 5.83. The van der Waals surface area contributed by atoms with E-state index >= 15 is 0 Å². The molecular formula is C20H22O5. The molecule has 132 valence electrons. The lowest BCUT2D eigenvalue weighted by molar-refractivity contribution is 0.0294. The van der Waals surface area contributed by atoms with E-state index in [9.17, 15) is 9.90 Å². The van der Waals surface area contributed by atoms with E-state index in [2.05, 4.69) is 6.07 Å². The minimum atomic E-state index is -0.0687. The van der Waals surface area contributed by atoms with Crippen LogP contribution in [0.4, 0.5) is 0 Å². The Morgan fingerprint density at radius 3 is 2.80 bits per heavy atom. The van der Waals surface area contributed by atoms with Crippen LogP contribution in [0, 0.1) is 5.92 Å². The molecule has 25 heavy (non-hydrogen) atoms. The molecule has 0 aliphatic carbocycles. The zero-order valence-electron chi connectivity index (χ0n) is 14.2. The Morgan fingerprint density at radius 2 is 2.00 bits per heavy atom. The number of carbonyl (C=O) groups excluding carboxylic acids is 1. The predicted octanol–water partition coefficient (Wildman–Crippen LogP) is 3.41. The van der Waals surface area contributed by atoms with Gasteiger partial charge in [0, 0.05) is 18.4 Å². The highest BCUT2D eigenvalue weighted by Gasteiger charge is 2.30. The van der Waals surface area contributed by atoms with Gasteiger partial charge in [0.05, 0.1) is 25.9 Å². The fourth-order valence-electron chi connectivity index (χ4n) is 3.27. The summed E-state index contributed by atoms with van der Waals surface area (Å²) in [5.74, 6) is 1.56. The fourth-order valence-corrected chi connectivity index (χ4v) is 3.27. The Kier molecular flexibility index (Phi) is 5.56. The summed E-state index contributed by atoms with van der Waals surface area (Å²) in [6.07, 6.45) is 1.48. The van der Waals surface area contributed by atoms with Gasteiger partial charge in [0.15, 0.2) is 6.29 Å². The van der Waals surface area contributed by atoms with Crippen molar-refractivity contribution >= 4 is 6.29 Å². The monoisotopic (exact) mass is 342 g/mol. The lowest BCUT2D eigenvalue weighted by Gasteiger charge is -2.32. The van der Waals surface area contributed by atoms with Crippen molar-refractivity contribution in [3.63, 3.8) is 0 Å². The quantitative estimate of drug-likeness (QED) is 0.815. The van der Waals surface area contributed by atoms with E-state index in [0.29, 0.717) is 31.9 Å². The molecule has 2 aromatic rings. The molecule has 5 nitrogen and oxygen atoms in total. The molecule has 0 amide bonds. The van der Waals surface area contributed by atoms with Crippen molar-refractivity contribution in [2.45, 2.75) is 12.3 Å². The molecule has 2 aromatic carbocycles. The molecule has 1 heterocycles. The first-order valence-electron chi connectivity index (χ1n) is 8.35. The van der Waals surface area contributed by atoms with Crippen molar-refractivity contribution in [1.82, 2.24) is 0 Å². The Hall–Kier alpha value is -2.53. The lowest BCUT2D eigenvalue weighted by atomic mass is 9.83. The largest absolute Gasteiger partial charge is 0.507 e. The molecule has 1 aliphatic rings. The van der Waals surface area contributed by atoms with Crippen LogP contribution in [-0.4, -0.2) is 38.3 Å². The first-order chi connectivity index (χ1) is 12.2. The number of rotatable bonds is 6. The number of carbonyl (C=O) groups is 1. The average molecular weight is 342 g/mol. The zero-order valence-corrected chi connectivity index (χ0v) is 14.2. The highest BCUT2D eigenvalue weighted by atomic mass is 16.5. The average Bonchev–Trinajstić information content (AvgIpc) is 2.66. The Labute approximate surface area is 147 Å². The summed E-state index contributed by atoms with van der Waals surface area (Å²) in [4.78, 5) is 11.2. The second-order valence-corrected chi connectivity index (χ2v) is 6.09. The molecule has 0 bridgehead atoms. The third-order valence-electron chi connectivity index (χ3n) is 4.65. The maximum Gasteiger partial charge on any atom is 0.157 e. The van der Waals surface area contributed by atoms with Crippen molar-refractivity contribution in [2.75, 3.05) is 26.9 Å². The van der Waals surface area contributed by atoms with Gasteiger partial charge in [-0.2, -0.15) is 0 Å². The van der Waals surface area contributed by atoms with Crippen LogP contribution in [0.25, 0.3) is 0 Å². The van der Waals surface area contributed by atoms with Crippen molar-refractivity contribution in [2.24, 2.45) is 5.92 Å². The van der Waals surface area contributed by atoms with Gasteiger partial charge in [-0.15, -0.1) is 0 Å². The van der Waals surface area contributed by atoms with Crippen LogP contribution < -0.4 is 9.47 Å². The number of phenolic OH excluding ortho intramolecular Hbond substituents is 1. The summed E-state index contributed by atoms with van der Waals surface area (Å²) in [5.41, 5.74) is 1.29. The topological polar surface area (TPSA) is 65.0 Å². The van der Waals surface area contributed by atoms with Crippen LogP contribution in [0.1, 0.15) is 28.3 Å². The van der Waals surface area contributed by atoms with Gasteiger partial charge in [-0.1, -0.05) is 24.3 Å². The number of hydrogen-bond acceptors (Lipinski definition) is 5. The number of ether oxygens (including phenoxy) is 3. The van der Waals surface area contributed by atoms with E-state index < -0.39 is 0 Å². The van der Waals surface area contributed by atoms with Crippen LogP contribution in [-0.2, 0) is 4.74 Å². The Bertz CT molecular complexity index is 728. The molecular weight excluding hydrogens is 320 g/mol. The van der Waals surface area contributed by atoms with Crippen molar-refractivity contribution < 1.29 is 24.1 Å². The van der Waals surface area contributed by atoms with E-state index in [1.54, 1.807) is 19.2 Å². The molecule has 1 aliphatic heterocycles. The van der Waals surface area contributed by atoms with Gasteiger partial charge in [-0.3, -0.25) is 4.79 Å². The zero-order chi connectivity index (χ0) is 17.6. The molecule has 2 atom stereocenters. The normalized spacial score (nSPS) is 20.0. The number of aromatic hydroxyl groups is 1. The number of aldehydes is 1. The van der Waals surface area contributed by atoms with Crippen molar-refractivity contribution in [3.8, 4) is 17.2 Å². The first kappa shape index (κ1) is 17.3. The summed E-state index contributed by atoms with van der Waals surface area (Å²) >= 11 is 0. The number of para-hydroxylation sites is 1. The van der Waals surface area contributed by atoms with Crippen LogP contribution in [0.3, 0.4) is 0 Å². The lowest BCUT2D eigenvalue weighted by Crippen LogP contribution is -2.30. The van der Waals surface area contributed by atoms with Crippen LogP contribution >= 0.6 is 0 Å². The summed E-state index contributed by atoms with van der Waals surface area (Å²) in [7, 11) is 1.66. The molecule has 1 N–H and O–H groups in total. The molecule has 0 spiro atoms. The molecule has 1 fully saturated rings. The van der Waals surface area contributed by atoms with E-state index in [0.717, 1.165) is 17.7 Å². The third-order valence-corrected chi connectivity index (χ3v) is 4.65. The number of methoxy groups -OCH3 is 1. The molecule has 5 heteroatoms. The Morgan fingerprint density at radius 1 is 1.20 bits per heavy atom. The number of hydrogen-bond donors (Lipinski definition) is 1. The fraction of sp³-hybridized carbons (Fsp3) is 0.350. The van der Waals surface area contributed by atoms with Gasteiger partial charge in [-0.25, -0.2) is 0 Å². The molecule has 0 radical (unpaired) electrons. The van der Waals surface area contributed by atoms with Gasteiger partial charge in [0.25, 0.3) is 0 Å². The van der Waals surface area contributed by atoms with Gasteiger partial charge in [-0.05, 0) is 30.2 Å². The molecule has 1 saturated heterocycles. The van der Waals surface area contributed by atoms with Crippen LogP contribution in [0.15, 0.2) is 42.5 Å². The smallest absolute Gasteiger partial charge is 0.157 e. The van der Waals surface area contributed by atoms with Gasteiger partial charge >= 0.3 is 0 Å². The minimum Gasteiger partial charge on any atom is -0.507 e. The van der Waals surface area contributed by atoms with Gasteiger partial charge < -0.3 is 19.3 Å².